The molecule has 0 unspecified atom stereocenters. The first-order valence-electron chi connectivity index (χ1n) is 6.77. The van der Waals surface area contributed by atoms with Crippen LogP contribution in [0.15, 0.2) is 36.5 Å². The Morgan fingerprint density at radius 3 is 2.79 bits per heavy atom. The molecule has 1 aromatic carbocycles. The Hall–Kier alpha value is -2.03. The van der Waals surface area contributed by atoms with E-state index < -0.39 is 0 Å². The lowest BCUT2D eigenvalue weighted by Crippen LogP contribution is -2.04. The van der Waals surface area contributed by atoms with E-state index in [0.717, 1.165) is 11.3 Å². The van der Waals surface area contributed by atoms with Crippen molar-refractivity contribution in [2.75, 3.05) is 5.73 Å². The van der Waals surface area contributed by atoms with Crippen LogP contribution >= 0.6 is 0 Å². The molecule has 98 valence electrons. The van der Waals surface area contributed by atoms with Gasteiger partial charge in [0, 0.05) is 11.8 Å². The molecule has 19 heavy (non-hydrogen) atoms. The number of hydrogen-bond donors (Lipinski definition) is 1. The standard InChI is InChI=1S/C16H18N2O/c17-16-14(6-3-9-18-16)11-19-15-8-7-12-4-1-2-5-13(12)10-15/h3,6-10H,1-2,4-5,11H2,(H2,17,18). The summed E-state index contributed by atoms with van der Waals surface area (Å²) in [5.74, 6) is 1.46. The zero-order chi connectivity index (χ0) is 13.1. The molecule has 1 aliphatic carbocycles. The van der Waals surface area contributed by atoms with Gasteiger partial charge in [-0.3, -0.25) is 0 Å². The maximum Gasteiger partial charge on any atom is 0.129 e. The lowest BCUT2D eigenvalue weighted by molar-refractivity contribution is 0.306. The smallest absolute Gasteiger partial charge is 0.129 e. The van der Waals surface area contributed by atoms with E-state index >= 15 is 0 Å². The summed E-state index contributed by atoms with van der Waals surface area (Å²) in [6.07, 6.45) is 6.65. The number of aryl methyl sites for hydroxylation is 2. The fourth-order valence-electron chi connectivity index (χ4n) is 2.53. The third-order valence-corrected chi connectivity index (χ3v) is 3.64. The first kappa shape index (κ1) is 12.0. The van der Waals surface area contributed by atoms with E-state index in [1.54, 1.807) is 6.20 Å². The summed E-state index contributed by atoms with van der Waals surface area (Å²) < 4.78 is 5.82. The molecule has 0 fully saturated rings. The van der Waals surface area contributed by atoms with Crippen molar-refractivity contribution in [2.45, 2.75) is 32.3 Å². The largest absolute Gasteiger partial charge is 0.489 e. The molecule has 3 rings (SSSR count). The second-order valence-corrected chi connectivity index (χ2v) is 4.97. The first-order chi connectivity index (χ1) is 9.33. The van der Waals surface area contributed by atoms with E-state index in [1.165, 1.54) is 36.8 Å². The highest BCUT2D eigenvalue weighted by Crippen LogP contribution is 2.26. The molecule has 0 saturated heterocycles. The number of ether oxygens (including phenoxy) is 1. The molecule has 3 heteroatoms. The molecule has 0 saturated carbocycles. The molecule has 0 aliphatic heterocycles. The van der Waals surface area contributed by atoms with Crippen LogP contribution in [-0.2, 0) is 19.4 Å². The fourth-order valence-corrected chi connectivity index (χ4v) is 2.53. The van der Waals surface area contributed by atoms with E-state index in [-0.39, 0.29) is 0 Å². The van der Waals surface area contributed by atoms with Gasteiger partial charge in [-0.05, 0) is 55.0 Å². The molecule has 0 spiro atoms. The predicted molar refractivity (Wildman–Crippen MR) is 76.1 cm³/mol. The third kappa shape index (κ3) is 2.70. The highest BCUT2D eigenvalue weighted by Gasteiger charge is 2.10. The molecule has 2 N–H and O–H groups in total. The van der Waals surface area contributed by atoms with Crippen molar-refractivity contribution in [3.63, 3.8) is 0 Å². The zero-order valence-electron chi connectivity index (χ0n) is 10.9. The van der Waals surface area contributed by atoms with Gasteiger partial charge in [0.15, 0.2) is 0 Å². The van der Waals surface area contributed by atoms with E-state index in [1.807, 2.05) is 12.1 Å². The molecule has 3 nitrogen and oxygen atoms in total. The molecule has 1 aliphatic rings. The second-order valence-electron chi connectivity index (χ2n) is 4.97. The molecule has 0 bridgehead atoms. The Bertz CT molecular complexity index is 581. The van der Waals surface area contributed by atoms with Crippen LogP contribution in [0.3, 0.4) is 0 Å². The topological polar surface area (TPSA) is 48.1 Å². The fraction of sp³-hybridized carbons (Fsp3) is 0.312. The number of rotatable bonds is 3. The molecule has 0 radical (unpaired) electrons. The van der Waals surface area contributed by atoms with Gasteiger partial charge in [0.05, 0.1) is 0 Å². The van der Waals surface area contributed by atoms with Gasteiger partial charge in [0.25, 0.3) is 0 Å². The van der Waals surface area contributed by atoms with E-state index in [0.29, 0.717) is 12.4 Å². The monoisotopic (exact) mass is 254 g/mol. The summed E-state index contributed by atoms with van der Waals surface area (Å²) in [5.41, 5.74) is 9.64. The second kappa shape index (κ2) is 5.31. The Morgan fingerprint density at radius 2 is 1.95 bits per heavy atom. The van der Waals surface area contributed by atoms with E-state index in [4.69, 9.17) is 10.5 Å². The lowest BCUT2D eigenvalue weighted by atomic mass is 9.92. The molecule has 2 aromatic rings. The third-order valence-electron chi connectivity index (χ3n) is 3.64. The number of nitrogens with zero attached hydrogens (tertiary/aromatic N) is 1. The quantitative estimate of drug-likeness (QED) is 0.915. The average Bonchev–Trinajstić information content (AvgIpc) is 2.46. The number of pyridine rings is 1. The molecule has 0 amide bonds. The van der Waals surface area contributed by atoms with Crippen molar-refractivity contribution in [1.29, 1.82) is 0 Å². The molecule has 1 heterocycles. The number of anilines is 1. The van der Waals surface area contributed by atoms with Gasteiger partial charge in [-0.2, -0.15) is 0 Å². The highest BCUT2D eigenvalue weighted by molar-refractivity contribution is 5.40. The Labute approximate surface area is 113 Å². The van der Waals surface area contributed by atoms with E-state index in [2.05, 4.69) is 23.2 Å². The van der Waals surface area contributed by atoms with Crippen molar-refractivity contribution in [1.82, 2.24) is 4.98 Å². The van der Waals surface area contributed by atoms with Crippen LogP contribution < -0.4 is 10.5 Å². The van der Waals surface area contributed by atoms with Gasteiger partial charge in [0.2, 0.25) is 0 Å². The van der Waals surface area contributed by atoms with Crippen LogP contribution in [0.1, 0.15) is 29.5 Å². The van der Waals surface area contributed by atoms with Crippen LogP contribution in [0, 0.1) is 0 Å². The molecule has 0 atom stereocenters. The summed E-state index contributed by atoms with van der Waals surface area (Å²) >= 11 is 0. The summed E-state index contributed by atoms with van der Waals surface area (Å²) in [7, 11) is 0. The minimum Gasteiger partial charge on any atom is -0.489 e. The number of nitrogen functional groups attached to an aromatic ring is 1. The van der Waals surface area contributed by atoms with Crippen molar-refractivity contribution in [2.24, 2.45) is 0 Å². The minimum atomic E-state index is 0.471. The maximum atomic E-state index is 5.82. The first-order valence-corrected chi connectivity index (χ1v) is 6.77. The zero-order valence-corrected chi connectivity index (χ0v) is 10.9. The van der Waals surface area contributed by atoms with Gasteiger partial charge >= 0.3 is 0 Å². The minimum absolute atomic E-state index is 0.471. The number of nitrogens with two attached hydrogens (primary N) is 1. The summed E-state index contributed by atoms with van der Waals surface area (Å²) in [6, 6.07) is 10.2. The Kier molecular flexibility index (Phi) is 3.36. The average molecular weight is 254 g/mol. The van der Waals surface area contributed by atoms with Crippen molar-refractivity contribution >= 4 is 5.82 Å². The van der Waals surface area contributed by atoms with Gasteiger partial charge in [-0.1, -0.05) is 12.1 Å². The van der Waals surface area contributed by atoms with Crippen LogP contribution in [0.4, 0.5) is 5.82 Å². The van der Waals surface area contributed by atoms with Crippen LogP contribution in [0.2, 0.25) is 0 Å². The normalized spacial score (nSPS) is 13.9. The molecular weight excluding hydrogens is 236 g/mol. The Morgan fingerprint density at radius 1 is 1.11 bits per heavy atom. The lowest BCUT2D eigenvalue weighted by Gasteiger charge is -2.17. The van der Waals surface area contributed by atoms with Gasteiger partial charge in [-0.15, -0.1) is 0 Å². The number of fused-ring (bicyclic) bond motifs is 1. The number of hydrogen-bond acceptors (Lipinski definition) is 3. The summed E-state index contributed by atoms with van der Waals surface area (Å²) in [6.45, 7) is 0.471. The van der Waals surface area contributed by atoms with Crippen molar-refractivity contribution in [3.05, 3.63) is 53.2 Å². The number of benzene rings is 1. The van der Waals surface area contributed by atoms with Crippen LogP contribution in [0.5, 0.6) is 5.75 Å². The number of aromatic nitrogens is 1. The van der Waals surface area contributed by atoms with Gasteiger partial charge in [-0.25, -0.2) is 4.98 Å². The van der Waals surface area contributed by atoms with Crippen LogP contribution in [0.25, 0.3) is 0 Å². The summed E-state index contributed by atoms with van der Waals surface area (Å²) in [4.78, 5) is 4.06. The molecular formula is C16H18N2O. The maximum absolute atomic E-state index is 5.82. The van der Waals surface area contributed by atoms with Crippen molar-refractivity contribution < 1.29 is 4.74 Å². The van der Waals surface area contributed by atoms with Crippen LogP contribution in [-0.4, -0.2) is 4.98 Å². The van der Waals surface area contributed by atoms with Crippen molar-refractivity contribution in [3.8, 4) is 5.75 Å². The summed E-state index contributed by atoms with van der Waals surface area (Å²) in [5, 5.41) is 0. The molecule has 1 aromatic heterocycles. The van der Waals surface area contributed by atoms with Gasteiger partial charge < -0.3 is 10.5 Å². The van der Waals surface area contributed by atoms with Gasteiger partial charge in [0.1, 0.15) is 18.2 Å². The SMILES string of the molecule is Nc1ncccc1COc1ccc2c(c1)CCCC2. The Balaban J connectivity index is 1.72. The highest BCUT2D eigenvalue weighted by atomic mass is 16.5. The predicted octanol–water partition coefficient (Wildman–Crippen LogP) is 3.12. The van der Waals surface area contributed by atoms with E-state index in [9.17, 15) is 0 Å².